The molecule has 0 aromatic heterocycles. The molecule has 3 aliphatic rings. The molecule has 0 saturated carbocycles. The van der Waals surface area contributed by atoms with Crippen LogP contribution in [0.3, 0.4) is 0 Å². The molecule has 6 nitrogen and oxygen atoms in total. The Balaban J connectivity index is 0.000000165. The number of benzene rings is 10. The molecule has 0 fully saturated rings. The fraction of sp³-hybridized carbons (Fsp3) is 0.143. The normalized spacial score (nSPS) is 14.9. The quantitative estimate of drug-likeness (QED) is 0.165. The van der Waals surface area contributed by atoms with Crippen molar-refractivity contribution in [3.63, 3.8) is 0 Å². The monoisotopic (exact) mass is 1210 g/mol. The SMILES string of the molecule is CC1(C)c2ccccc2Cc2ccccc21.CC1(C)c2ccccc2N(c2ccc(S(=O)(=O)c3ccc(N4c5ccccc5C(C)(C)c5ccccc54)cc3)cc2)c2ccccc21.O=S(=O)(c1ccc(Br)cc1)c1ccc(Br)cc1. The fourth-order valence-electron chi connectivity index (χ4n) is 11.9. The van der Waals surface area contributed by atoms with E-state index in [2.05, 4.69) is 229 Å². The molecule has 0 atom stereocenters. The molecule has 0 unspecified atom stereocenters. The maximum Gasteiger partial charge on any atom is 0.206 e. The van der Waals surface area contributed by atoms with E-state index >= 15 is 0 Å². The van der Waals surface area contributed by atoms with Gasteiger partial charge >= 0.3 is 0 Å². The second-order valence-corrected chi connectivity index (χ2v) is 27.7. The summed E-state index contributed by atoms with van der Waals surface area (Å²) in [4.78, 5) is 5.59. The highest BCUT2D eigenvalue weighted by Crippen LogP contribution is 2.53. The number of hydrogen-bond donors (Lipinski definition) is 0. The van der Waals surface area contributed by atoms with Crippen LogP contribution in [-0.4, -0.2) is 16.8 Å². The van der Waals surface area contributed by atoms with Gasteiger partial charge in [0.05, 0.1) is 42.3 Å². The van der Waals surface area contributed by atoms with Crippen molar-refractivity contribution in [3.05, 3.63) is 296 Å². The predicted molar refractivity (Wildman–Crippen MR) is 334 cm³/mol. The minimum Gasteiger partial charge on any atom is -0.310 e. The number of sulfone groups is 2. The number of fused-ring (bicyclic) bond motifs is 6. The Hall–Kier alpha value is -7.34. The standard InChI is InChI=1S/C42H36N2O2S.C16H16.C12H8Br2O2S/c1-41(2)33-13-5-9-17-37(33)43(38-18-10-6-14-34(38)41)29-21-25-31(26-22-29)47(45,46)32-27-23-30(24-28-32)44-39-19-11-7-15-35(39)42(3,4)36-16-8-12-20-40(36)44;1-16(2)14-9-5-3-7-12(14)11-13-8-4-6-10-15(13)16;13-9-1-5-11(6-2-9)17(15,16)12-7-3-10(14)4-8-12/h5-28H,1-4H3;3-10H,11H2,1-2H3;1-8H. The number of halogens is 2. The first-order valence-electron chi connectivity index (χ1n) is 26.7. The number of para-hydroxylation sites is 4. The smallest absolute Gasteiger partial charge is 0.206 e. The van der Waals surface area contributed by atoms with Gasteiger partial charge in [0.1, 0.15) is 0 Å². The Bertz CT molecular complexity index is 3820. The maximum absolute atomic E-state index is 13.9. The summed E-state index contributed by atoms with van der Waals surface area (Å²) in [6.45, 7) is 13.7. The van der Waals surface area contributed by atoms with E-state index in [0.717, 1.165) is 49.5 Å². The minimum atomic E-state index is -3.75. The number of nitrogens with zero attached hydrogens (tertiary/aromatic N) is 2. The lowest BCUT2D eigenvalue weighted by molar-refractivity contribution is 0.594. The summed E-state index contributed by atoms with van der Waals surface area (Å²) >= 11 is 6.55. The molecular formula is C70H60Br2N2O4S2. The largest absolute Gasteiger partial charge is 0.310 e. The third-order valence-corrected chi connectivity index (χ3v) is 20.7. The van der Waals surface area contributed by atoms with Crippen LogP contribution in [0.15, 0.2) is 271 Å². The molecule has 400 valence electrons. The van der Waals surface area contributed by atoms with Gasteiger partial charge < -0.3 is 9.80 Å². The summed E-state index contributed by atoms with van der Waals surface area (Å²) in [7, 11) is -7.16. The molecule has 0 bridgehead atoms. The molecule has 80 heavy (non-hydrogen) atoms. The fourth-order valence-corrected chi connectivity index (χ4v) is 14.9. The highest BCUT2D eigenvalue weighted by molar-refractivity contribution is 9.10. The van der Waals surface area contributed by atoms with Crippen LogP contribution in [0.25, 0.3) is 0 Å². The van der Waals surface area contributed by atoms with Gasteiger partial charge in [0.2, 0.25) is 19.7 Å². The van der Waals surface area contributed by atoms with Crippen LogP contribution in [0.2, 0.25) is 0 Å². The lowest BCUT2D eigenvalue weighted by atomic mass is 9.69. The summed E-state index contributed by atoms with van der Waals surface area (Å²) in [6.07, 6.45) is 1.08. The molecule has 0 radical (unpaired) electrons. The van der Waals surface area contributed by atoms with Crippen molar-refractivity contribution in [1.82, 2.24) is 0 Å². The van der Waals surface area contributed by atoms with E-state index in [1.165, 1.54) is 44.5 Å². The van der Waals surface area contributed by atoms with Crippen molar-refractivity contribution in [2.75, 3.05) is 9.80 Å². The Kier molecular flexibility index (Phi) is 14.5. The lowest BCUT2D eigenvalue weighted by Gasteiger charge is -2.42. The van der Waals surface area contributed by atoms with E-state index in [-0.39, 0.29) is 26.0 Å². The van der Waals surface area contributed by atoms with Crippen molar-refractivity contribution in [2.24, 2.45) is 0 Å². The van der Waals surface area contributed by atoms with Gasteiger partial charge in [-0.25, -0.2) is 16.8 Å². The summed E-state index contributed by atoms with van der Waals surface area (Å²) in [5.41, 5.74) is 16.9. The van der Waals surface area contributed by atoms with Crippen LogP contribution in [0.4, 0.5) is 34.1 Å². The Morgan fingerprint density at radius 2 is 0.525 bits per heavy atom. The van der Waals surface area contributed by atoms with E-state index in [1.807, 2.05) is 24.3 Å². The van der Waals surface area contributed by atoms with Crippen LogP contribution >= 0.6 is 31.9 Å². The van der Waals surface area contributed by atoms with Gasteiger partial charge in [0, 0.05) is 36.6 Å². The zero-order valence-electron chi connectivity index (χ0n) is 45.4. The highest BCUT2D eigenvalue weighted by Gasteiger charge is 2.38. The zero-order valence-corrected chi connectivity index (χ0v) is 50.2. The molecule has 13 rings (SSSR count). The van der Waals surface area contributed by atoms with Gasteiger partial charge in [0.15, 0.2) is 0 Å². The topological polar surface area (TPSA) is 74.8 Å². The van der Waals surface area contributed by atoms with Gasteiger partial charge in [-0.2, -0.15) is 0 Å². The summed E-state index contributed by atoms with van der Waals surface area (Å²) in [6, 6.07) is 79.2. The predicted octanol–water partition coefficient (Wildman–Crippen LogP) is 18.7. The first-order chi connectivity index (χ1) is 38.3. The van der Waals surface area contributed by atoms with Crippen LogP contribution in [0, 0.1) is 0 Å². The lowest BCUT2D eigenvalue weighted by Crippen LogP contribution is -2.30. The van der Waals surface area contributed by atoms with Crippen molar-refractivity contribution in [3.8, 4) is 0 Å². The molecule has 1 aliphatic carbocycles. The summed E-state index contributed by atoms with van der Waals surface area (Å²) < 4.78 is 54.1. The van der Waals surface area contributed by atoms with Gasteiger partial charge in [-0.3, -0.25) is 0 Å². The Morgan fingerprint density at radius 3 is 0.812 bits per heavy atom. The van der Waals surface area contributed by atoms with Crippen molar-refractivity contribution in [2.45, 2.75) is 83.8 Å². The van der Waals surface area contributed by atoms with Crippen molar-refractivity contribution < 1.29 is 16.8 Å². The van der Waals surface area contributed by atoms with E-state index in [0.29, 0.717) is 9.79 Å². The number of anilines is 6. The van der Waals surface area contributed by atoms with Crippen LogP contribution in [0.5, 0.6) is 0 Å². The Labute approximate surface area is 488 Å². The maximum atomic E-state index is 13.9. The van der Waals surface area contributed by atoms with Crippen molar-refractivity contribution in [1.29, 1.82) is 0 Å². The molecule has 2 heterocycles. The zero-order chi connectivity index (χ0) is 56.2. The molecule has 0 saturated heterocycles. The van der Waals surface area contributed by atoms with Gasteiger partial charge in [-0.15, -0.1) is 0 Å². The van der Waals surface area contributed by atoms with Crippen LogP contribution in [0.1, 0.15) is 86.1 Å². The molecule has 10 aromatic carbocycles. The molecule has 10 heteroatoms. The number of rotatable bonds is 6. The van der Waals surface area contributed by atoms with Gasteiger partial charge in [0.25, 0.3) is 0 Å². The van der Waals surface area contributed by atoms with E-state index in [4.69, 9.17) is 0 Å². The molecular weight excluding hydrogens is 1160 g/mol. The van der Waals surface area contributed by atoms with E-state index in [9.17, 15) is 16.8 Å². The van der Waals surface area contributed by atoms with Gasteiger partial charge in [-0.05, 0) is 172 Å². The first-order valence-corrected chi connectivity index (χ1v) is 31.2. The average molecular weight is 1220 g/mol. The third kappa shape index (κ3) is 9.84. The second kappa shape index (κ2) is 21.3. The van der Waals surface area contributed by atoms with Crippen LogP contribution < -0.4 is 9.80 Å². The molecule has 10 aromatic rings. The van der Waals surface area contributed by atoms with Crippen molar-refractivity contribution >= 4 is 85.7 Å². The number of hydrogen-bond acceptors (Lipinski definition) is 6. The van der Waals surface area contributed by atoms with E-state index < -0.39 is 19.7 Å². The summed E-state index contributed by atoms with van der Waals surface area (Å²) in [5.74, 6) is 0. The third-order valence-electron chi connectivity index (χ3n) is 16.1. The molecule has 0 amide bonds. The first kappa shape index (κ1) is 54.6. The minimum absolute atomic E-state index is 0.144. The summed E-state index contributed by atoms with van der Waals surface area (Å²) in [5, 5.41) is 0. The average Bonchev–Trinajstić information content (AvgIpc) is 3.62. The van der Waals surface area contributed by atoms with E-state index in [1.54, 1.807) is 72.8 Å². The second-order valence-electron chi connectivity index (χ2n) is 22.0. The Morgan fingerprint density at radius 1 is 0.300 bits per heavy atom. The molecule has 0 spiro atoms. The van der Waals surface area contributed by atoms with Crippen LogP contribution in [-0.2, 0) is 42.3 Å². The molecule has 0 N–H and O–H groups in total. The van der Waals surface area contributed by atoms with Gasteiger partial charge in [-0.1, -0.05) is 195 Å². The molecule has 2 aliphatic heterocycles. The highest BCUT2D eigenvalue weighted by atomic mass is 79.9.